The van der Waals surface area contributed by atoms with Gasteiger partial charge in [-0.3, -0.25) is 0 Å². The molecule has 0 amide bonds. The smallest absolute Gasteiger partial charge is 0.0808 e. The SMILES string of the molecule is CC(C)(C)C(C=CCC(O)COCC(O)CC=CC(c1ccccc1)C(C)(C)C)c1ccccc1. The molecule has 0 aromatic heterocycles. The van der Waals surface area contributed by atoms with Crippen molar-refractivity contribution >= 4 is 0 Å². The van der Waals surface area contributed by atoms with Gasteiger partial charge in [0.1, 0.15) is 0 Å². The molecule has 0 aliphatic heterocycles. The molecule has 0 bridgehead atoms. The van der Waals surface area contributed by atoms with E-state index in [0.29, 0.717) is 12.8 Å². The summed E-state index contributed by atoms with van der Waals surface area (Å²) in [5.41, 5.74) is 2.73. The van der Waals surface area contributed by atoms with E-state index < -0.39 is 12.2 Å². The first kappa shape index (κ1) is 29.0. The van der Waals surface area contributed by atoms with Gasteiger partial charge in [0.15, 0.2) is 0 Å². The van der Waals surface area contributed by atoms with Gasteiger partial charge in [0, 0.05) is 11.8 Å². The zero-order valence-electron chi connectivity index (χ0n) is 22.5. The maximum Gasteiger partial charge on any atom is 0.0808 e. The van der Waals surface area contributed by atoms with Crippen LogP contribution in [0.5, 0.6) is 0 Å². The van der Waals surface area contributed by atoms with Crippen LogP contribution in [0, 0.1) is 10.8 Å². The van der Waals surface area contributed by atoms with Crippen LogP contribution in [-0.4, -0.2) is 35.6 Å². The average molecular weight is 479 g/mol. The van der Waals surface area contributed by atoms with Crippen molar-refractivity contribution in [2.45, 2.75) is 78.4 Å². The van der Waals surface area contributed by atoms with E-state index in [2.05, 4.69) is 102 Å². The molecule has 0 fully saturated rings. The Balaban J connectivity index is 1.77. The minimum Gasteiger partial charge on any atom is -0.390 e. The first-order valence-corrected chi connectivity index (χ1v) is 12.9. The molecule has 0 spiro atoms. The van der Waals surface area contributed by atoms with Crippen molar-refractivity contribution in [1.82, 2.24) is 0 Å². The summed E-state index contributed by atoms with van der Waals surface area (Å²) in [6.45, 7) is 13.8. The number of allylic oxidation sites excluding steroid dienone is 2. The molecule has 2 N–H and O–H groups in total. The summed E-state index contributed by atoms with van der Waals surface area (Å²) in [4.78, 5) is 0. The van der Waals surface area contributed by atoms with Crippen LogP contribution in [0.3, 0.4) is 0 Å². The van der Waals surface area contributed by atoms with Crippen LogP contribution >= 0.6 is 0 Å². The molecule has 0 radical (unpaired) electrons. The van der Waals surface area contributed by atoms with Gasteiger partial charge in [-0.25, -0.2) is 0 Å². The van der Waals surface area contributed by atoms with Crippen LogP contribution in [0.4, 0.5) is 0 Å². The molecule has 35 heavy (non-hydrogen) atoms. The second kappa shape index (κ2) is 13.8. The van der Waals surface area contributed by atoms with Crippen molar-refractivity contribution < 1.29 is 14.9 Å². The van der Waals surface area contributed by atoms with Gasteiger partial charge < -0.3 is 14.9 Å². The fourth-order valence-corrected chi connectivity index (χ4v) is 4.34. The molecule has 0 aliphatic carbocycles. The van der Waals surface area contributed by atoms with Crippen molar-refractivity contribution in [2.24, 2.45) is 10.8 Å². The Morgan fingerprint density at radius 1 is 0.629 bits per heavy atom. The van der Waals surface area contributed by atoms with Crippen LogP contribution in [0.1, 0.15) is 77.3 Å². The standard InChI is InChI=1S/C32H46O3/c1-31(2,3)29(25-15-9-7-10-16-25)21-13-19-27(33)23-35-24-28(34)20-14-22-30(32(4,5)6)26-17-11-8-12-18-26/h7-18,21-22,27-30,33-34H,19-20,23-24H2,1-6H3. The molecule has 0 heterocycles. The highest BCUT2D eigenvalue weighted by atomic mass is 16.5. The Bertz CT molecular complexity index is 812. The van der Waals surface area contributed by atoms with Gasteiger partial charge in [0.05, 0.1) is 25.4 Å². The first-order chi connectivity index (χ1) is 16.5. The van der Waals surface area contributed by atoms with Crippen LogP contribution in [-0.2, 0) is 4.74 Å². The van der Waals surface area contributed by atoms with E-state index in [4.69, 9.17) is 4.74 Å². The van der Waals surface area contributed by atoms with Gasteiger partial charge in [-0.2, -0.15) is 0 Å². The quantitative estimate of drug-likeness (QED) is 0.315. The number of ether oxygens (including phenoxy) is 1. The van der Waals surface area contributed by atoms with E-state index in [1.165, 1.54) is 11.1 Å². The predicted molar refractivity (Wildman–Crippen MR) is 148 cm³/mol. The number of aliphatic hydroxyl groups is 2. The summed E-state index contributed by atoms with van der Waals surface area (Å²) in [5, 5.41) is 20.7. The lowest BCUT2D eigenvalue weighted by Gasteiger charge is -2.29. The highest BCUT2D eigenvalue weighted by molar-refractivity contribution is 5.27. The predicted octanol–water partition coefficient (Wildman–Crippen LogP) is 7.28. The van der Waals surface area contributed by atoms with Gasteiger partial charge in [0.2, 0.25) is 0 Å². The van der Waals surface area contributed by atoms with Crippen LogP contribution in [0.15, 0.2) is 85.0 Å². The third-order valence-corrected chi connectivity index (χ3v) is 6.28. The molecule has 4 atom stereocenters. The fourth-order valence-electron chi connectivity index (χ4n) is 4.34. The highest BCUT2D eigenvalue weighted by Gasteiger charge is 2.24. The maximum absolute atomic E-state index is 10.3. The molecule has 0 saturated heterocycles. The molecule has 2 rings (SSSR count). The topological polar surface area (TPSA) is 49.7 Å². The van der Waals surface area contributed by atoms with Crippen molar-refractivity contribution in [3.8, 4) is 0 Å². The number of aliphatic hydroxyl groups excluding tert-OH is 2. The largest absolute Gasteiger partial charge is 0.390 e. The van der Waals surface area contributed by atoms with Crippen molar-refractivity contribution in [3.05, 3.63) is 96.1 Å². The zero-order valence-corrected chi connectivity index (χ0v) is 22.5. The Morgan fingerprint density at radius 3 is 1.29 bits per heavy atom. The number of hydrogen-bond acceptors (Lipinski definition) is 3. The summed E-state index contributed by atoms with van der Waals surface area (Å²) in [5.74, 6) is 0.552. The lowest BCUT2D eigenvalue weighted by atomic mass is 9.76. The number of benzene rings is 2. The molecule has 3 heteroatoms. The van der Waals surface area contributed by atoms with Crippen molar-refractivity contribution in [2.75, 3.05) is 13.2 Å². The highest BCUT2D eigenvalue weighted by Crippen LogP contribution is 2.37. The molecule has 4 unspecified atom stereocenters. The van der Waals surface area contributed by atoms with E-state index in [9.17, 15) is 10.2 Å². The van der Waals surface area contributed by atoms with Gasteiger partial charge in [-0.15, -0.1) is 0 Å². The van der Waals surface area contributed by atoms with Crippen LogP contribution in [0.25, 0.3) is 0 Å². The molecule has 192 valence electrons. The van der Waals surface area contributed by atoms with Crippen LogP contribution in [0.2, 0.25) is 0 Å². The maximum atomic E-state index is 10.3. The Morgan fingerprint density at radius 2 is 0.971 bits per heavy atom. The minimum absolute atomic E-state index is 0.0867. The molecule has 2 aromatic carbocycles. The lowest BCUT2D eigenvalue weighted by Crippen LogP contribution is -2.21. The second-order valence-electron chi connectivity index (χ2n) is 11.7. The molecular formula is C32H46O3. The lowest BCUT2D eigenvalue weighted by molar-refractivity contribution is -0.00529. The summed E-state index contributed by atoms with van der Waals surface area (Å²) < 4.78 is 5.61. The molecule has 3 nitrogen and oxygen atoms in total. The van der Waals surface area contributed by atoms with Gasteiger partial charge in [-0.1, -0.05) is 127 Å². The monoisotopic (exact) mass is 478 g/mol. The Labute approximate surface area is 213 Å². The van der Waals surface area contributed by atoms with E-state index in [0.717, 1.165) is 0 Å². The summed E-state index contributed by atoms with van der Waals surface area (Å²) in [6, 6.07) is 20.9. The summed E-state index contributed by atoms with van der Waals surface area (Å²) in [7, 11) is 0. The number of hydrogen-bond donors (Lipinski definition) is 2. The second-order valence-corrected chi connectivity index (χ2v) is 11.7. The Kier molecular flexibility index (Phi) is 11.4. The molecule has 0 saturated carbocycles. The van der Waals surface area contributed by atoms with E-state index >= 15 is 0 Å². The Hall–Kier alpha value is -2.20. The van der Waals surface area contributed by atoms with E-state index in [-0.39, 0.29) is 35.9 Å². The molecule has 2 aromatic rings. The third kappa shape index (κ3) is 10.5. The van der Waals surface area contributed by atoms with Gasteiger partial charge in [-0.05, 0) is 34.8 Å². The average Bonchev–Trinajstić information content (AvgIpc) is 2.79. The van der Waals surface area contributed by atoms with Gasteiger partial charge in [0.25, 0.3) is 0 Å². The minimum atomic E-state index is -0.589. The van der Waals surface area contributed by atoms with Crippen LogP contribution < -0.4 is 0 Å². The first-order valence-electron chi connectivity index (χ1n) is 12.9. The molecule has 0 aliphatic rings. The van der Waals surface area contributed by atoms with E-state index in [1.54, 1.807) is 0 Å². The van der Waals surface area contributed by atoms with E-state index in [1.807, 2.05) is 24.3 Å². The number of rotatable bonds is 12. The normalized spacial score (nSPS) is 16.5. The van der Waals surface area contributed by atoms with Crippen molar-refractivity contribution in [3.63, 3.8) is 0 Å². The summed E-state index contributed by atoms with van der Waals surface area (Å²) >= 11 is 0. The summed E-state index contributed by atoms with van der Waals surface area (Å²) in [6.07, 6.45) is 8.35. The molecular weight excluding hydrogens is 432 g/mol. The van der Waals surface area contributed by atoms with Crippen molar-refractivity contribution in [1.29, 1.82) is 0 Å². The third-order valence-electron chi connectivity index (χ3n) is 6.28. The van der Waals surface area contributed by atoms with Gasteiger partial charge >= 0.3 is 0 Å². The fraction of sp³-hybridized carbons (Fsp3) is 0.500. The zero-order chi connectivity index (χ0) is 25.9.